The van der Waals surface area contributed by atoms with Gasteiger partial charge in [-0.3, -0.25) is 4.79 Å². The number of thiocarbonyl (C=S) groups is 1. The maximum atomic E-state index is 12.6. The van der Waals surface area contributed by atoms with Crippen molar-refractivity contribution in [2.24, 2.45) is 0 Å². The SMILES string of the molecule is CCCN(C)c1cc(NC(=S)NCC(=O)c2cc(C(C)C)c(O)cc2O)ccc1CC. The van der Waals surface area contributed by atoms with E-state index in [1.54, 1.807) is 0 Å². The molecule has 6 nitrogen and oxygen atoms in total. The molecule has 2 aromatic rings. The highest BCUT2D eigenvalue weighted by Crippen LogP contribution is 2.32. The zero-order valence-electron chi connectivity index (χ0n) is 19.0. The Bertz CT molecular complexity index is 944. The Morgan fingerprint density at radius 1 is 1.13 bits per heavy atom. The summed E-state index contributed by atoms with van der Waals surface area (Å²) in [5.41, 5.74) is 4.03. The van der Waals surface area contributed by atoms with Crippen LogP contribution in [0.1, 0.15) is 61.5 Å². The average molecular weight is 444 g/mol. The van der Waals surface area contributed by atoms with E-state index in [4.69, 9.17) is 12.2 Å². The molecule has 0 aliphatic rings. The van der Waals surface area contributed by atoms with Crippen molar-refractivity contribution in [3.05, 3.63) is 47.0 Å². The third-order valence-electron chi connectivity index (χ3n) is 5.17. The van der Waals surface area contributed by atoms with Gasteiger partial charge in [-0.25, -0.2) is 0 Å². The minimum absolute atomic E-state index is 0.0198. The van der Waals surface area contributed by atoms with Crippen molar-refractivity contribution in [2.75, 3.05) is 30.4 Å². The number of Topliss-reactive ketones (excluding diaryl/α,β-unsaturated/α-hetero) is 1. The van der Waals surface area contributed by atoms with Gasteiger partial charge in [-0.2, -0.15) is 0 Å². The predicted octanol–water partition coefficient (Wildman–Crippen LogP) is 4.80. The fourth-order valence-electron chi connectivity index (χ4n) is 3.46. The number of ketones is 1. The molecule has 4 N–H and O–H groups in total. The van der Waals surface area contributed by atoms with E-state index in [-0.39, 0.29) is 35.3 Å². The van der Waals surface area contributed by atoms with Gasteiger partial charge in [-0.1, -0.05) is 33.8 Å². The molecule has 0 atom stereocenters. The third kappa shape index (κ3) is 6.34. The Hall–Kier alpha value is -2.80. The summed E-state index contributed by atoms with van der Waals surface area (Å²) in [5, 5.41) is 26.4. The number of nitrogens with zero attached hydrogens (tertiary/aromatic N) is 1. The molecule has 0 fully saturated rings. The van der Waals surface area contributed by atoms with E-state index in [1.165, 1.54) is 17.7 Å². The number of hydrogen-bond donors (Lipinski definition) is 4. The first-order valence-corrected chi connectivity index (χ1v) is 11.1. The molecule has 0 heterocycles. The van der Waals surface area contributed by atoms with E-state index in [1.807, 2.05) is 19.9 Å². The lowest BCUT2D eigenvalue weighted by atomic mass is 9.97. The number of hydrogen-bond acceptors (Lipinski definition) is 5. The van der Waals surface area contributed by atoms with Gasteiger partial charge in [0.2, 0.25) is 0 Å². The van der Waals surface area contributed by atoms with E-state index in [0.29, 0.717) is 10.7 Å². The number of aryl methyl sites for hydroxylation is 1. The standard InChI is InChI=1S/C24H33N3O3S/c1-6-10-27(5)20-11-17(9-8-16(20)7-2)26-24(31)25-14-23(30)19-12-18(15(3)4)21(28)13-22(19)29/h8-9,11-13,15,28-29H,6-7,10,14H2,1-5H3,(H2,25,26,31). The zero-order chi connectivity index (χ0) is 23.1. The lowest BCUT2D eigenvalue weighted by molar-refractivity contribution is 0.0994. The number of carbonyl (C=O) groups excluding carboxylic acids is 1. The quantitative estimate of drug-likeness (QED) is 0.327. The van der Waals surface area contributed by atoms with Crippen molar-refractivity contribution in [1.29, 1.82) is 0 Å². The number of phenols is 2. The lowest BCUT2D eigenvalue weighted by Crippen LogP contribution is -2.33. The molecule has 168 valence electrons. The number of phenolic OH excluding ortho intramolecular Hbond substituents is 2. The van der Waals surface area contributed by atoms with Crippen LogP contribution in [0, 0.1) is 0 Å². The van der Waals surface area contributed by atoms with Crippen molar-refractivity contribution < 1.29 is 15.0 Å². The summed E-state index contributed by atoms with van der Waals surface area (Å²) in [4.78, 5) is 14.8. The Morgan fingerprint density at radius 2 is 1.84 bits per heavy atom. The second-order valence-corrected chi connectivity index (χ2v) is 8.34. The summed E-state index contributed by atoms with van der Waals surface area (Å²) in [6, 6.07) is 8.86. The highest BCUT2D eigenvalue weighted by atomic mass is 32.1. The van der Waals surface area contributed by atoms with Crippen LogP contribution in [-0.4, -0.2) is 41.2 Å². The Balaban J connectivity index is 2.06. The molecule has 0 aromatic heterocycles. The molecule has 0 radical (unpaired) electrons. The Kier molecular flexibility index (Phi) is 8.68. The van der Waals surface area contributed by atoms with E-state index in [2.05, 4.69) is 48.6 Å². The van der Waals surface area contributed by atoms with Crippen LogP contribution in [0.15, 0.2) is 30.3 Å². The summed E-state index contributed by atoms with van der Waals surface area (Å²) >= 11 is 5.36. The Labute approximate surface area is 190 Å². The first kappa shape index (κ1) is 24.5. The number of benzene rings is 2. The second kappa shape index (κ2) is 11.0. The van der Waals surface area contributed by atoms with Gasteiger partial charge in [0, 0.05) is 31.0 Å². The highest BCUT2D eigenvalue weighted by Gasteiger charge is 2.17. The van der Waals surface area contributed by atoms with Gasteiger partial charge in [-0.05, 0) is 60.3 Å². The predicted molar refractivity (Wildman–Crippen MR) is 132 cm³/mol. The van der Waals surface area contributed by atoms with Crippen LogP contribution in [0.25, 0.3) is 0 Å². The molecular formula is C24H33N3O3S. The molecule has 7 heteroatoms. The molecular weight excluding hydrogens is 410 g/mol. The molecule has 0 bridgehead atoms. The number of aromatic hydroxyl groups is 2. The fourth-order valence-corrected chi connectivity index (χ4v) is 3.65. The van der Waals surface area contributed by atoms with Crippen LogP contribution < -0.4 is 15.5 Å². The molecule has 2 rings (SSSR count). The molecule has 0 aliphatic heterocycles. The smallest absolute Gasteiger partial charge is 0.185 e. The topological polar surface area (TPSA) is 84.8 Å². The van der Waals surface area contributed by atoms with Gasteiger partial charge in [0.25, 0.3) is 0 Å². The molecule has 0 saturated carbocycles. The van der Waals surface area contributed by atoms with Crippen LogP contribution in [-0.2, 0) is 6.42 Å². The van der Waals surface area contributed by atoms with Crippen LogP contribution >= 0.6 is 12.2 Å². The monoisotopic (exact) mass is 443 g/mol. The molecule has 0 saturated heterocycles. The summed E-state index contributed by atoms with van der Waals surface area (Å²) in [6.45, 7) is 8.99. The van der Waals surface area contributed by atoms with Crippen molar-refractivity contribution in [2.45, 2.75) is 46.5 Å². The van der Waals surface area contributed by atoms with E-state index >= 15 is 0 Å². The molecule has 0 amide bonds. The minimum atomic E-state index is -0.312. The van der Waals surface area contributed by atoms with Gasteiger partial charge in [0.15, 0.2) is 10.9 Å². The molecule has 31 heavy (non-hydrogen) atoms. The summed E-state index contributed by atoms with van der Waals surface area (Å²) in [6.07, 6.45) is 2.00. The lowest BCUT2D eigenvalue weighted by Gasteiger charge is -2.23. The van der Waals surface area contributed by atoms with Crippen molar-refractivity contribution in [3.63, 3.8) is 0 Å². The summed E-state index contributed by atoms with van der Waals surface area (Å²) in [7, 11) is 2.08. The summed E-state index contributed by atoms with van der Waals surface area (Å²) < 4.78 is 0. The minimum Gasteiger partial charge on any atom is -0.508 e. The molecule has 0 aliphatic carbocycles. The maximum absolute atomic E-state index is 12.6. The summed E-state index contributed by atoms with van der Waals surface area (Å²) in [5.74, 6) is -0.554. The van der Waals surface area contributed by atoms with Crippen LogP contribution in [0.2, 0.25) is 0 Å². The van der Waals surface area contributed by atoms with Crippen LogP contribution in [0.5, 0.6) is 11.5 Å². The van der Waals surface area contributed by atoms with Gasteiger partial charge in [-0.15, -0.1) is 0 Å². The number of anilines is 2. The highest BCUT2D eigenvalue weighted by molar-refractivity contribution is 7.80. The fraction of sp³-hybridized carbons (Fsp3) is 0.417. The number of rotatable bonds is 9. The van der Waals surface area contributed by atoms with E-state index < -0.39 is 0 Å². The average Bonchev–Trinajstić information content (AvgIpc) is 2.72. The van der Waals surface area contributed by atoms with Gasteiger partial charge in [0.1, 0.15) is 11.5 Å². The molecule has 2 aromatic carbocycles. The number of carbonyl (C=O) groups is 1. The number of nitrogens with one attached hydrogen (secondary N) is 2. The van der Waals surface area contributed by atoms with Crippen molar-refractivity contribution in [1.82, 2.24) is 5.32 Å². The first-order chi connectivity index (χ1) is 14.7. The maximum Gasteiger partial charge on any atom is 0.185 e. The van der Waals surface area contributed by atoms with Crippen LogP contribution in [0.3, 0.4) is 0 Å². The van der Waals surface area contributed by atoms with Crippen molar-refractivity contribution in [3.8, 4) is 11.5 Å². The second-order valence-electron chi connectivity index (χ2n) is 7.93. The van der Waals surface area contributed by atoms with Gasteiger partial charge in [0.05, 0.1) is 12.1 Å². The van der Waals surface area contributed by atoms with Crippen LogP contribution in [0.4, 0.5) is 11.4 Å². The third-order valence-corrected chi connectivity index (χ3v) is 5.42. The normalized spacial score (nSPS) is 10.8. The van der Waals surface area contributed by atoms with Crippen molar-refractivity contribution >= 4 is 34.5 Å². The van der Waals surface area contributed by atoms with Gasteiger partial charge < -0.3 is 25.7 Å². The van der Waals surface area contributed by atoms with E-state index in [0.717, 1.165) is 30.8 Å². The van der Waals surface area contributed by atoms with Gasteiger partial charge >= 0.3 is 0 Å². The molecule has 0 spiro atoms. The zero-order valence-corrected chi connectivity index (χ0v) is 19.8. The Morgan fingerprint density at radius 3 is 2.45 bits per heavy atom. The largest absolute Gasteiger partial charge is 0.508 e. The molecule has 0 unspecified atom stereocenters. The van der Waals surface area contributed by atoms with E-state index in [9.17, 15) is 15.0 Å². The first-order valence-electron chi connectivity index (χ1n) is 10.7.